The van der Waals surface area contributed by atoms with Crippen molar-refractivity contribution in [3.63, 3.8) is 0 Å². The van der Waals surface area contributed by atoms with Gasteiger partial charge in [0.2, 0.25) is 0 Å². The van der Waals surface area contributed by atoms with Gasteiger partial charge in [0, 0.05) is 19.5 Å². The van der Waals surface area contributed by atoms with E-state index in [4.69, 9.17) is 0 Å². The molecule has 0 aliphatic carbocycles. The van der Waals surface area contributed by atoms with E-state index in [2.05, 4.69) is 37.2 Å². The zero-order valence-electron chi connectivity index (χ0n) is 9.38. The average Bonchev–Trinajstić information content (AvgIpc) is 2.18. The molecule has 0 fully saturated rings. The summed E-state index contributed by atoms with van der Waals surface area (Å²) in [5.74, 6) is 1.74. The number of rotatable bonds is 5. The van der Waals surface area contributed by atoms with E-state index in [0.29, 0.717) is 5.92 Å². The van der Waals surface area contributed by atoms with E-state index in [9.17, 15) is 0 Å². The fourth-order valence-corrected chi connectivity index (χ4v) is 1.58. The molecule has 0 aromatic heterocycles. The number of aliphatic imine (C=N–C) groups is 1. The Morgan fingerprint density at radius 3 is 2.15 bits per heavy atom. The highest BCUT2D eigenvalue weighted by atomic mass is 15.2. The van der Waals surface area contributed by atoms with Crippen molar-refractivity contribution in [1.82, 2.24) is 4.90 Å². The van der Waals surface area contributed by atoms with Crippen LogP contribution >= 0.6 is 0 Å². The Bertz CT molecular complexity index is 169. The first-order valence-corrected chi connectivity index (χ1v) is 5.10. The maximum Gasteiger partial charge on any atom is 0.106 e. The molecule has 0 saturated carbocycles. The Balaban J connectivity index is 4.56. The van der Waals surface area contributed by atoms with Gasteiger partial charge >= 0.3 is 0 Å². The molecule has 0 bridgehead atoms. The maximum atomic E-state index is 4.34. The molecule has 0 aromatic rings. The van der Waals surface area contributed by atoms with Crippen LogP contribution in [0.3, 0.4) is 0 Å². The van der Waals surface area contributed by atoms with Gasteiger partial charge in [0.15, 0.2) is 0 Å². The zero-order chi connectivity index (χ0) is 10.3. The van der Waals surface area contributed by atoms with Gasteiger partial charge in [-0.05, 0) is 26.0 Å². The second-order valence-electron chi connectivity index (χ2n) is 3.06. The van der Waals surface area contributed by atoms with Gasteiger partial charge < -0.3 is 4.90 Å². The van der Waals surface area contributed by atoms with E-state index < -0.39 is 0 Å². The quantitative estimate of drug-likeness (QED) is 0.471. The van der Waals surface area contributed by atoms with Crippen LogP contribution in [0.2, 0.25) is 0 Å². The van der Waals surface area contributed by atoms with Crippen LogP contribution in [0, 0.1) is 5.92 Å². The normalized spacial score (nSPS) is 11.9. The number of hydrogen-bond acceptors (Lipinski definition) is 1. The second-order valence-corrected chi connectivity index (χ2v) is 3.06. The van der Waals surface area contributed by atoms with Crippen LogP contribution in [-0.2, 0) is 0 Å². The van der Waals surface area contributed by atoms with Gasteiger partial charge in [0.05, 0.1) is 0 Å². The molecule has 0 unspecified atom stereocenters. The second kappa shape index (κ2) is 6.70. The summed E-state index contributed by atoms with van der Waals surface area (Å²) < 4.78 is 0. The molecule has 0 heterocycles. The van der Waals surface area contributed by atoms with E-state index in [1.807, 2.05) is 13.2 Å². The topological polar surface area (TPSA) is 15.6 Å². The Morgan fingerprint density at radius 2 is 1.92 bits per heavy atom. The molecule has 0 N–H and O–H groups in total. The lowest BCUT2D eigenvalue weighted by molar-refractivity contribution is 0.508. The summed E-state index contributed by atoms with van der Waals surface area (Å²) in [5, 5.41) is 0. The van der Waals surface area contributed by atoms with Crippen molar-refractivity contribution in [1.29, 1.82) is 0 Å². The Morgan fingerprint density at radius 1 is 1.38 bits per heavy atom. The van der Waals surface area contributed by atoms with Gasteiger partial charge in [0.25, 0.3) is 0 Å². The number of amidine groups is 1. The Kier molecular flexibility index (Phi) is 6.29. The highest BCUT2D eigenvalue weighted by Crippen LogP contribution is 2.13. The van der Waals surface area contributed by atoms with Crippen molar-refractivity contribution in [3.8, 4) is 0 Å². The van der Waals surface area contributed by atoms with E-state index in [1.165, 1.54) is 5.84 Å². The Labute approximate surface area is 82.4 Å². The maximum absolute atomic E-state index is 4.34. The van der Waals surface area contributed by atoms with E-state index in [-0.39, 0.29) is 0 Å². The summed E-state index contributed by atoms with van der Waals surface area (Å²) >= 11 is 0. The van der Waals surface area contributed by atoms with Gasteiger partial charge in [0.1, 0.15) is 5.84 Å². The smallest absolute Gasteiger partial charge is 0.106 e. The fourth-order valence-electron chi connectivity index (χ4n) is 1.58. The molecule has 0 amide bonds. The van der Waals surface area contributed by atoms with E-state index in [1.54, 1.807) is 0 Å². The van der Waals surface area contributed by atoms with Crippen molar-refractivity contribution >= 4 is 5.84 Å². The first kappa shape index (κ1) is 12.2. The first-order chi connectivity index (χ1) is 6.24. The van der Waals surface area contributed by atoms with Gasteiger partial charge in [-0.15, -0.1) is 0 Å². The van der Waals surface area contributed by atoms with Gasteiger partial charge in [-0.25, -0.2) is 0 Å². The van der Waals surface area contributed by atoms with Crippen LogP contribution < -0.4 is 0 Å². The van der Waals surface area contributed by atoms with Crippen molar-refractivity contribution in [2.75, 3.05) is 13.6 Å². The van der Waals surface area contributed by atoms with Gasteiger partial charge in [-0.1, -0.05) is 20.4 Å². The molecule has 0 spiro atoms. The number of nitrogens with zero attached hydrogens (tertiary/aromatic N) is 2. The van der Waals surface area contributed by atoms with Crippen LogP contribution in [0.4, 0.5) is 0 Å². The summed E-state index contributed by atoms with van der Waals surface area (Å²) in [6, 6.07) is 0. The molecule has 76 valence electrons. The molecule has 2 nitrogen and oxygen atoms in total. The van der Waals surface area contributed by atoms with Crippen molar-refractivity contribution in [2.45, 2.75) is 33.6 Å². The van der Waals surface area contributed by atoms with Crippen LogP contribution in [0.5, 0.6) is 0 Å². The van der Waals surface area contributed by atoms with Gasteiger partial charge in [-0.3, -0.25) is 4.99 Å². The third kappa shape index (κ3) is 3.21. The molecule has 0 saturated heterocycles. The largest absolute Gasteiger partial charge is 0.337 e. The average molecular weight is 182 g/mol. The molecule has 0 aliphatic heterocycles. The monoisotopic (exact) mass is 182 g/mol. The predicted molar refractivity (Wildman–Crippen MR) is 60.0 cm³/mol. The molecular weight excluding hydrogens is 160 g/mol. The Hall–Kier alpha value is -0.790. The summed E-state index contributed by atoms with van der Waals surface area (Å²) in [4.78, 5) is 6.47. The lowest BCUT2D eigenvalue weighted by Gasteiger charge is -2.25. The molecular formula is C11H22N2. The molecule has 13 heavy (non-hydrogen) atoms. The highest BCUT2D eigenvalue weighted by molar-refractivity contribution is 5.85. The molecule has 2 heteroatoms. The molecule has 0 aromatic carbocycles. The molecule has 0 atom stereocenters. The zero-order valence-corrected chi connectivity index (χ0v) is 9.38. The van der Waals surface area contributed by atoms with Crippen molar-refractivity contribution < 1.29 is 0 Å². The third-order valence-corrected chi connectivity index (χ3v) is 2.44. The lowest BCUT2D eigenvalue weighted by Crippen LogP contribution is -2.31. The first-order valence-electron chi connectivity index (χ1n) is 5.10. The predicted octanol–water partition coefficient (Wildman–Crippen LogP) is 2.92. The molecule has 0 rings (SSSR count). The van der Waals surface area contributed by atoms with Crippen LogP contribution in [0.1, 0.15) is 33.6 Å². The fraction of sp³-hybridized carbons (Fsp3) is 0.727. The minimum Gasteiger partial charge on any atom is -0.337 e. The van der Waals surface area contributed by atoms with Crippen LogP contribution in [0.25, 0.3) is 0 Å². The summed E-state index contributed by atoms with van der Waals surface area (Å²) in [6.07, 6.45) is 4.15. The lowest BCUT2D eigenvalue weighted by atomic mass is 10.0. The van der Waals surface area contributed by atoms with Crippen LogP contribution in [0.15, 0.2) is 17.8 Å². The number of hydrogen-bond donors (Lipinski definition) is 0. The standard InChI is InChI=1S/C11H22N2/c1-6-10(7-2)11(12-5)13(8-3)9-4/h8,10H,3,6-7,9H2,1-2,4-5H3. The highest BCUT2D eigenvalue weighted by Gasteiger charge is 2.14. The minimum absolute atomic E-state index is 0.572. The summed E-state index contributed by atoms with van der Waals surface area (Å²) in [7, 11) is 1.86. The molecule has 0 radical (unpaired) electrons. The van der Waals surface area contributed by atoms with E-state index >= 15 is 0 Å². The summed E-state index contributed by atoms with van der Waals surface area (Å²) in [6.45, 7) is 11.3. The molecule has 0 aliphatic rings. The van der Waals surface area contributed by atoms with Crippen LogP contribution in [-0.4, -0.2) is 24.3 Å². The SMILES string of the molecule is C=CN(CC)C(=NC)C(CC)CC. The third-order valence-electron chi connectivity index (χ3n) is 2.44. The summed E-state index contributed by atoms with van der Waals surface area (Å²) in [5.41, 5.74) is 0. The van der Waals surface area contributed by atoms with Gasteiger partial charge in [-0.2, -0.15) is 0 Å². The minimum atomic E-state index is 0.572. The van der Waals surface area contributed by atoms with Crippen molar-refractivity contribution in [3.05, 3.63) is 12.8 Å². The van der Waals surface area contributed by atoms with Crippen molar-refractivity contribution in [2.24, 2.45) is 10.9 Å². The van der Waals surface area contributed by atoms with E-state index in [0.717, 1.165) is 19.4 Å².